The third-order valence-electron chi connectivity index (χ3n) is 8.19. The molecule has 0 aliphatic rings. The number of benzene rings is 8. The van der Waals surface area contributed by atoms with Crippen molar-refractivity contribution >= 4 is 60.2 Å². The van der Waals surface area contributed by atoms with Gasteiger partial charge in [-0.15, -0.1) is 0 Å². The van der Waals surface area contributed by atoms with E-state index in [1.807, 2.05) is 0 Å². The summed E-state index contributed by atoms with van der Waals surface area (Å²) in [6.07, 6.45) is 0. The van der Waals surface area contributed by atoms with Crippen LogP contribution >= 0.6 is 0 Å². The van der Waals surface area contributed by atoms with Crippen molar-refractivity contribution in [3.8, 4) is 11.1 Å². The Hall–Kier alpha value is -5.40. The number of hydrogen-bond acceptors (Lipinski definition) is 1. The minimum absolute atomic E-state index is 1.13. The van der Waals surface area contributed by atoms with Crippen LogP contribution in [0.3, 0.4) is 0 Å². The molecular formula is C40H27N. The average Bonchev–Trinajstić information content (AvgIpc) is 3.04. The molecule has 1 nitrogen and oxygen atoms in total. The van der Waals surface area contributed by atoms with Gasteiger partial charge in [0.15, 0.2) is 0 Å². The van der Waals surface area contributed by atoms with Crippen LogP contribution in [0.4, 0.5) is 17.1 Å². The zero-order valence-electron chi connectivity index (χ0n) is 22.5. The molecule has 0 spiro atoms. The lowest BCUT2D eigenvalue weighted by Crippen LogP contribution is -2.12. The molecule has 0 atom stereocenters. The van der Waals surface area contributed by atoms with Gasteiger partial charge in [-0.05, 0) is 62.1 Å². The quantitative estimate of drug-likeness (QED) is 0.208. The van der Waals surface area contributed by atoms with Crippen molar-refractivity contribution in [2.24, 2.45) is 0 Å². The lowest BCUT2D eigenvalue weighted by atomic mass is 9.91. The van der Waals surface area contributed by atoms with E-state index in [-0.39, 0.29) is 0 Å². The van der Waals surface area contributed by atoms with Crippen molar-refractivity contribution in [2.75, 3.05) is 4.90 Å². The van der Waals surface area contributed by atoms with Gasteiger partial charge in [-0.3, -0.25) is 0 Å². The van der Waals surface area contributed by atoms with Crippen LogP contribution in [0, 0.1) is 0 Å². The first-order valence-corrected chi connectivity index (χ1v) is 14.1. The van der Waals surface area contributed by atoms with Crippen LogP contribution in [0.15, 0.2) is 164 Å². The third kappa shape index (κ3) is 3.86. The van der Waals surface area contributed by atoms with Gasteiger partial charge >= 0.3 is 0 Å². The fourth-order valence-corrected chi connectivity index (χ4v) is 6.37. The van der Waals surface area contributed by atoms with Crippen LogP contribution in [0.5, 0.6) is 0 Å². The van der Waals surface area contributed by atoms with Crippen LogP contribution in [-0.4, -0.2) is 0 Å². The zero-order chi connectivity index (χ0) is 27.2. The van der Waals surface area contributed by atoms with E-state index < -0.39 is 0 Å². The summed E-state index contributed by atoms with van der Waals surface area (Å²) in [7, 11) is 0. The maximum atomic E-state index is 2.48. The van der Waals surface area contributed by atoms with E-state index in [9.17, 15) is 0 Å². The Balaban J connectivity index is 1.56. The maximum Gasteiger partial charge on any atom is 0.0618 e. The normalized spacial score (nSPS) is 11.4. The summed E-state index contributed by atoms with van der Waals surface area (Å²) in [6.45, 7) is 0. The Labute approximate surface area is 239 Å². The highest BCUT2D eigenvalue weighted by Gasteiger charge is 2.23. The highest BCUT2D eigenvalue weighted by Crippen LogP contribution is 2.49. The number of fused-ring (bicyclic) bond motifs is 4. The monoisotopic (exact) mass is 521 g/mol. The van der Waals surface area contributed by atoms with Crippen LogP contribution in [0.1, 0.15) is 0 Å². The van der Waals surface area contributed by atoms with Gasteiger partial charge in [0.25, 0.3) is 0 Å². The van der Waals surface area contributed by atoms with Gasteiger partial charge in [0.1, 0.15) is 0 Å². The molecule has 0 aliphatic heterocycles. The van der Waals surface area contributed by atoms with Crippen LogP contribution in [0.25, 0.3) is 54.2 Å². The molecule has 0 aliphatic carbocycles. The number of para-hydroxylation sites is 1. The predicted molar refractivity (Wildman–Crippen MR) is 177 cm³/mol. The summed E-state index contributed by atoms with van der Waals surface area (Å²) in [5, 5.41) is 9.89. The number of nitrogens with zero attached hydrogens (tertiary/aromatic N) is 1. The molecule has 0 amide bonds. The van der Waals surface area contributed by atoms with Crippen molar-refractivity contribution in [1.82, 2.24) is 0 Å². The Kier molecular flexibility index (Phi) is 5.53. The van der Waals surface area contributed by atoms with Crippen LogP contribution < -0.4 is 4.90 Å². The number of rotatable bonds is 4. The van der Waals surface area contributed by atoms with E-state index in [0.717, 1.165) is 11.4 Å². The molecule has 41 heavy (non-hydrogen) atoms. The molecule has 0 radical (unpaired) electrons. The molecule has 0 heterocycles. The molecule has 0 N–H and O–H groups in total. The lowest BCUT2D eigenvalue weighted by molar-refractivity contribution is 1.32. The molecule has 0 unspecified atom stereocenters. The van der Waals surface area contributed by atoms with E-state index in [1.165, 1.54) is 59.9 Å². The number of hydrogen-bond donors (Lipinski definition) is 0. The van der Waals surface area contributed by atoms with E-state index in [0.29, 0.717) is 0 Å². The second kappa shape index (κ2) is 9.66. The van der Waals surface area contributed by atoms with Gasteiger partial charge in [-0.25, -0.2) is 0 Å². The molecule has 192 valence electrons. The van der Waals surface area contributed by atoms with Gasteiger partial charge in [0.2, 0.25) is 0 Å². The first kappa shape index (κ1) is 23.5. The molecule has 0 saturated heterocycles. The Bertz CT molecular complexity index is 2150. The Morgan fingerprint density at radius 2 is 0.854 bits per heavy atom. The largest absolute Gasteiger partial charge is 0.309 e. The summed E-state index contributed by atoms with van der Waals surface area (Å²) in [4.78, 5) is 2.48. The van der Waals surface area contributed by atoms with Gasteiger partial charge in [-0.2, -0.15) is 0 Å². The zero-order valence-corrected chi connectivity index (χ0v) is 22.5. The molecule has 8 rings (SSSR count). The first-order chi connectivity index (χ1) is 20.4. The third-order valence-corrected chi connectivity index (χ3v) is 8.19. The topological polar surface area (TPSA) is 3.24 Å². The fourth-order valence-electron chi connectivity index (χ4n) is 6.37. The molecule has 8 aromatic rings. The molecule has 0 bridgehead atoms. The van der Waals surface area contributed by atoms with Crippen molar-refractivity contribution in [3.05, 3.63) is 164 Å². The standard InChI is InChI=1S/C40H27N/c1-2-18-32(19-3-1)41(40-35-22-10-6-15-30(35)27-31-16-7-11-23-36(31)40)38-26-25-29-14-5-9-21-34(29)39(38)37-24-12-17-28-13-4-8-20-33(28)37/h1-27H. The SMILES string of the molecule is c1ccc(N(c2ccc3ccccc3c2-c2cccc3ccccc23)c2c3ccccc3cc3ccccc23)cc1. The van der Waals surface area contributed by atoms with Crippen molar-refractivity contribution in [3.63, 3.8) is 0 Å². The van der Waals surface area contributed by atoms with Crippen molar-refractivity contribution in [2.45, 2.75) is 0 Å². The minimum atomic E-state index is 1.13. The van der Waals surface area contributed by atoms with E-state index >= 15 is 0 Å². The average molecular weight is 522 g/mol. The summed E-state index contributed by atoms with van der Waals surface area (Å²) in [6, 6.07) is 59.3. The summed E-state index contributed by atoms with van der Waals surface area (Å²) >= 11 is 0. The van der Waals surface area contributed by atoms with Crippen LogP contribution in [0.2, 0.25) is 0 Å². The van der Waals surface area contributed by atoms with Crippen LogP contribution in [-0.2, 0) is 0 Å². The molecule has 0 saturated carbocycles. The summed E-state index contributed by atoms with van der Waals surface area (Å²) in [5.41, 5.74) is 5.96. The van der Waals surface area contributed by atoms with E-state index in [4.69, 9.17) is 0 Å². The summed E-state index contributed by atoms with van der Waals surface area (Å²) in [5.74, 6) is 0. The van der Waals surface area contributed by atoms with E-state index in [2.05, 4.69) is 169 Å². The second-order valence-corrected chi connectivity index (χ2v) is 10.5. The fraction of sp³-hybridized carbons (Fsp3) is 0. The van der Waals surface area contributed by atoms with Crippen molar-refractivity contribution < 1.29 is 0 Å². The highest BCUT2D eigenvalue weighted by atomic mass is 15.1. The minimum Gasteiger partial charge on any atom is -0.309 e. The predicted octanol–water partition coefficient (Wildman–Crippen LogP) is 11.4. The Morgan fingerprint density at radius 3 is 1.54 bits per heavy atom. The van der Waals surface area contributed by atoms with Gasteiger partial charge < -0.3 is 4.90 Å². The maximum absolute atomic E-state index is 2.48. The smallest absolute Gasteiger partial charge is 0.0618 e. The van der Waals surface area contributed by atoms with E-state index in [1.54, 1.807) is 0 Å². The van der Waals surface area contributed by atoms with Gasteiger partial charge in [0, 0.05) is 22.0 Å². The van der Waals surface area contributed by atoms with Crippen molar-refractivity contribution in [1.29, 1.82) is 0 Å². The molecular weight excluding hydrogens is 494 g/mol. The second-order valence-electron chi connectivity index (χ2n) is 10.5. The molecule has 1 heteroatoms. The number of anilines is 3. The molecule has 0 aromatic heterocycles. The van der Waals surface area contributed by atoms with Gasteiger partial charge in [0.05, 0.1) is 11.4 Å². The molecule has 0 fully saturated rings. The Morgan fingerprint density at radius 1 is 0.341 bits per heavy atom. The lowest BCUT2D eigenvalue weighted by Gasteiger charge is -2.31. The summed E-state index contributed by atoms with van der Waals surface area (Å²) < 4.78 is 0. The molecule has 8 aromatic carbocycles. The highest BCUT2D eigenvalue weighted by molar-refractivity contribution is 6.17. The first-order valence-electron chi connectivity index (χ1n) is 14.1. The van der Waals surface area contributed by atoms with Gasteiger partial charge in [-0.1, -0.05) is 140 Å².